The van der Waals surface area contributed by atoms with E-state index >= 15 is 0 Å². The second-order valence-corrected chi connectivity index (χ2v) is 6.43. The van der Waals surface area contributed by atoms with Gasteiger partial charge >= 0.3 is 0 Å². The number of nitrogens with one attached hydrogen (secondary N) is 1. The Hall–Kier alpha value is -1.07. The molecule has 0 unspecified atom stereocenters. The van der Waals surface area contributed by atoms with Crippen molar-refractivity contribution in [3.63, 3.8) is 0 Å². The lowest BCUT2D eigenvalue weighted by molar-refractivity contribution is -0.129. The molecule has 1 aromatic rings. The van der Waals surface area contributed by atoms with Crippen LogP contribution in [0.3, 0.4) is 0 Å². The van der Waals surface area contributed by atoms with Gasteiger partial charge in [0.1, 0.15) is 0 Å². The first kappa shape index (κ1) is 16.3. The van der Waals surface area contributed by atoms with Crippen molar-refractivity contribution in [2.75, 3.05) is 31.9 Å². The molecule has 1 aliphatic heterocycles. The normalized spacial score (nSPS) is 16.1. The monoisotopic (exact) mass is 307 g/mol. The van der Waals surface area contributed by atoms with E-state index in [9.17, 15) is 4.79 Å². The quantitative estimate of drug-likeness (QED) is 0.838. The van der Waals surface area contributed by atoms with Crippen LogP contribution in [-0.2, 0) is 10.5 Å². The summed E-state index contributed by atoms with van der Waals surface area (Å²) in [6, 6.07) is 5.90. The fourth-order valence-electron chi connectivity index (χ4n) is 2.55. The molecule has 1 fully saturated rings. The molecule has 0 bridgehead atoms. The summed E-state index contributed by atoms with van der Waals surface area (Å²) in [5.41, 5.74) is 1.04. The van der Waals surface area contributed by atoms with Gasteiger partial charge in [-0.05, 0) is 44.0 Å². The Morgan fingerprint density at radius 1 is 1.43 bits per heavy atom. The van der Waals surface area contributed by atoms with Crippen molar-refractivity contribution in [2.24, 2.45) is 5.92 Å². The van der Waals surface area contributed by atoms with E-state index in [4.69, 9.17) is 0 Å². The van der Waals surface area contributed by atoms with Gasteiger partial charge in [0.2, 0.25) is 5.91 Å². The number of aromatic nitrogens is 1. The smallest absolute Gasteiger partial charge is 0.232 e. The van der Waals surface area contributed by atoms with Crippen LogP contribution in [-0.4, -0.2) is 47.7 Å². The summed E-state index contributed by atoms with van der Waals surface area (Å²) in [7, 11) is 0. The molecule has 0 aliphatic carbocycles. The molecule has 0 atom stereocenters. The summed E-state index contributed by atoms with van der Waals surface area (Å²) in [5, 5.41) is 3.40. The number of piperidine rings is 1. The van der Waals surface area contributed by atoms with Crippen molar-refractivity contribution in [3.8, 4) is 0 Å². The first-order valence-electron chi connectivity index (χ1n) is 7.75. The number of carbonyl (C=O) groups excluding carboxylic acids is 1. The first-order valence-corrected chi connectivity index (χ1v) is 8.91. The van der Waals surface area contributed by atoms with Crippen LogP contribution in [0.5, 0.6) is 0 Å². The molecule has 5 heteroatoms. The van der Waals surface area contributed by atoms with Crippen LogP contribution in [0.25, 0.3) is 0 Å². The number of hydrogen-bond acceptors (Lipinski definition) is 4. The highest BCUT2D eigenvalue weighted by atomic mass is 32.2. The third-order valence-electron chi connectivity index (χ3n) is 3.85. The fraction of sp³-hybridized carbons (Fsp3) is 0.625. The summed E-state index contributed by atoms with van der Waals surface area (Å²) in [6.07, 6.45) is 4.06. The van der Waals surface area contributed by atoms with Crippen molar-refractivity contribution in [2.45, 2.75) is 25.5 Å². The molecule has 0 aromatic carbocycles. The minimum atomic E-state index is 0.276. The standard InChI is InChI=1S/C16H25N3OS/c1-2-17-11-14-6-9-19(10-7-14)16(20)13-21-12-15-5-3-4-8-18-15/h3-5,8,14,17H,2,6-7,9-13H2,1H3. The number of amides is 1. The zero-order valence-corrected chi connectivity index (χ0v) is 13.6. The summed E-state index contributed by atoms with van der Waals surface area (Å²) < 4.78 is 0. The van der Waals surface area contributed by atoms with Gasteiger partial charge in [-0.2, -0.15) is 0 Å². The summed E-state index contributed by atoms with van der Waals surface area (Å²) in [6.45, 7) is 6.09. The number of hydrogen-bond donors (Lipinski definition) is 1. The molecule has 2 heterocycles. The van der Waals surface area contributed by atoms with E-state index in [1.165, 1.54) is 0 Å². The number of carbonyl (C=O) groups is 1. The molecule has 1 aliphatic rings. The average molecular weight is 307 g/mol. The lowest BCUT2D eigenvalue weighted by Gasteiger charge is -2.32. The molecule has 1 N–H and O–H groups in total. The van der Waals surface area contributed by atoms with Crippen LogP contribution >= 0.6 is 11.8 Å². The molecule has 2 rings (SSSR count). The first-order chi connectivity index (χ1) is 10.3. The Morgan fingerprint density at radius 2 is 2.24 bits per heavy atom. The van der Waals surface area contributed by atoms with Gasteiger partial charge in [-0.3, -0.25) is 9.78 Å². The molecule has 1 amide bonds. The largest absolute Gasteiger partial charge is 0.342 e. The highest BCUT2D eigenvalue weighted by molar-refractivity contribution is 7.99. The predicted molar refractivity (Wildman–Crippen MR) is 88.2 cm³/mol. The van der Waals surface area contributed by atoms with Gasteiger partial charge in [0.25, 0.3) is 0 Å². The Balaban J connectivity index is 1.63. The maximum Gasteiger partial charge on any atom is 0.232 e. The van der Waals surface area contributed by atoms with Gasteiger partial charge in [-0.25, -0.2) is 0 Å². The number of pyridine rings is 1. The minimum absolute atomic E-state index is 0.276. The maximum atomic E-state index is 12.2. The Kier molecular flexibility index (Phi) is 7.03. The predicted octanol–water partition coefficient (Wildman–Crippen LogP) is 2.16. The molecule has 116 valence electrons. The van der Waals surface area contributed by atoms with Gasteiger partial charge < -0.3 is 10.2 Å². The molecule has 1 saturated heterocycles. The Labute approximate surface area is 131 Å². The van der Waals surface area contributed by atoms with E-state index in [1.54, 1.807) is 18.0 Å². The van der Waals surface area contributed by atoms with Gasteiger partial charge in [0.05, 0.1) is 11.4 Å². The minimum Gasteiger partial charge on any atom is -0.342 e. The number of likely N-dealkylation sites (tertiary alicyclic amines) is 1. The molecular weight excluding hydrogens is 282 g/mol. The van der Waals surface area contributed by atoms with E-state index < -0.39 is 0 Å². The molecule has 1 aromatic heterocycles. The van der Waals surface area contributed by atoms with Crippen molar-refractivity contribution in [3.05, 3.63) is 30.1 Å². The number of thioether (sulfide) groups is 1. The molecular formula is C16H25N3OS. The van der Waals surface area contributed by atoms with Crippen LogP contribution in [0.4, 0.5) is 0 Å². The van der Waals surface area contributed by atoms with Gasteiger partial charge in [0.15, 0.2) is 0 Å². The van der Waals surface area contributed by atoms with E-state index in [0.29, 0.717) is 5.75 Å². The van der Waals surface area contributed by atoms with Crippen LogP contribution in [0.2, 0.25) is 0 Å². The molecule has 21 heavy (non-hydrogen) atoms. The molecule has 0 saturated carbocycles. The lowest BCUT2D eigenvalue weighted by atomic mass is 9.97. The fourth-order valence-corrected chi connectivity index (χ4v) is 3.39. The van der Waals surface area contributed by atoms with Crippen LogP contribution in [0, 0.1) is 5.92 Å². The maximum absolute atomic E-state index is 12.2. The van der Waals surface area contributed by atoms with Crippen LogP contribution in [0.15, 0.2) is 24.4 Å². The summed E-state index contributed by atoms with van der Waals surface area (Å²) >= 11 is 1.66. The number of rotatable bonds is 7. The zero-order valence-electron chi connectivity index (χ0n) is 12.8. The van der Waals surface area contributed by atoms with E-state index in [1.807, 2.05) is 23.1 Å². The average Bonchev–Trinajstić information content (AvgIpc) is 2.54. The molecule has 0 spiro atoms. The van der Waals surface area contributed by atoms with Crippen LogP contribution in [0.1, 0.15) is 25.5 Å². The second kappa shape index (κ2) is 9.05. The SMILES string of the molecule is CCNCC1CCN(C(=O)CSCc2ccccn2)CC1. The van der Waals surface area contributed by atoms with E-state index in [2.05, 4.69) is 17.2 Å². The van der Waals surface area contributed by atoms with Gasteiger partial charge in [-0.1, -0.05) is 13.0 Å². The van der Waals surface area contributed by atoms with Gasteiger partial charge in [0, 0.05) is 25.0 Å². The van der Waals surface area contributed by atoms with Crippen molar-refractivity contribution >= 4 is 17.7 Å². The molecule has 0 radical (unpaired) electrons. The van der Waals surface area contributed by atoms with Gasteiger partial charge in [-0.15, -0.1) is 11.8 Å². The van der Waals surface area contributed by atoms with Crippen LogP contribution < -0.4 is 5.32 Å². The highest BCUT2D eigenvalue weighted by Crippen LogP contribution is 2.18. The number of nitrogens with zero attached hydrogens (tertiary/aromatic N) is 2. The van der Waals surface area contributed by atoms with Crippen molar-refractivity contribution in [1.82, 2.24) is 15.2 Å². The third-order valence-corrected chi connectivity index (χ3v) is 4.80. The summed E-state index contributed by atoms with van der Waals surface area (Å²) in [4.78, 5) is 18.5. The second-order valence-electron chi connectivity index (χ2n) is 5.45. The summed E-state index contributed by atoms with van der Waals surface area (Å²) in [5.74, 6) is 2.38. The van der Waals surface area contributed by atoms with Crippen molar-refractivity contribution < 1.29 is 4.79 Å². The Morgan fingerprint density at radius 3 is 2.90 bits per heavy atom. The van der Waals surface area contributed by atoms with E-state index in [-0.39, 0.29) is 5.91 Å². The molecule has 4 nitrogen and oxygen atoms in total. The third kappa shape index (κ3) is 5.67. The zero-order chi connectivity index (χ0) is 14.9. The van der Waals surface area contributed by atoms with Crippen molar-refractivity contribution in [1.29, 1.82) is 0 Å². The lowest BCUT2D eigenvalue weighted by Crippen LogP contribution is -2.41. The topological polar surface area (TPSA) is 45.2 Å². The Bertz CT molecular complexity index is 419. The highest BCUT2D eigenvalue weighted by Gasteiger charge is 2.22. The van der Waals surface area contributed by atoms with E-state index in [0.717, 1.165) is 56.4 Å².